The van der Waals surface area contributed by atoms with Gasteiger partial charge >= 0.3 is 0 Å². The van der Waals surface area contributed by atoms with Gasteiger partial charge < -0.3 is 8.83 Å². The van der Waals surface area contributed by atoms with E-state index in [2.05, 4.69) is 141 Å². The molecule has 1 unspecified atom stereocenters. The summed E-state index contributed by atoms with van der Waals surface area (Å²) in [6.45, 7) is 4.75. The number of para-hydroxylation sites is 2. The summed E-state index contributed by atoms with van der Waals surface area (Å²) in [7, 11) is 0. The average Bonchev–Trinajstić information content (AvgIpc) is 3.85. The van der Waals surface area contributed by atoms with Crippen molar-refractivity contribution in [2.24, 2.45) is 0 Å². The third kappa shape index (κ3) is 3.66. The molecular weight excluding hydrogens is 597 g/mol. The second-order valence-corrected chi connectivity index (χ2v) is 14.4. The van der Waals surface area contributed by atoms with Crippen molar-refractivity contribution in [3.8, 4) is 33.4 Å². The Morgan fingerprint density at radius 2 is 1.20 bits per heavy atom. The second kappa shape index (κ2) is 9.61. The summed E-state index contributed by atoms with van der Waals surface area (Å²) in [5.41, 5.74) is 18.3. The molecule has 2 aliphatic carbocycles. The molecule has 0 saturated carbocycles. The van der Waals surface area contributed by atoms with Crippen molar-refractivity contribution in [1.29, 1.82) is 0 Å². The minimum atomic E-state index is -0.0299. The van der Waals surface area contributed by atoms with Gasteiger partial charge in [0.2, 0.25) is 0 Å². The Labute approximate surface area is 284 Å². The van der Waals surface area contributed by atoms with E-state index >= 15 is 0 Å². The zero-order chi connectivity index (χ0) is 32.4. The predicted octanol–water partition coefficient (Wildman–Crippen LogP) is 12.8. The van der Waals surface area contributed by atoms with Crippen LogP contribution in [0.25, 0.3) is 77.3 Å². The molecule has 2 heterocycles. The first kappa shape index (κ1) is 27.1. The summed E-state index contributed by atoms with van der Waals surface area (Å²) in [6, 6.07) is 50.9. The van der Waals surface area contributed by atoms with E-state index in [9.17, 15) is 0 Å². The highest BCUT2D eigenvalue weighted by atomic mass is 16.3. The lowest BCUT2D eigenvalue weighted by Gasteiger charge is -2.23. The Morgan fingerprint density at radius 3 is 2.14 bits per heavy atom. The Morgan fingerprint density at radius 1 is 0.469 bits per heavy atom. The number of furan rings is 2. The van der Waals surface area contributed by atoms with Gasteiger partial charge in [0.1, 0.15) is 22.3 Å². The number of fused-ring (bicyclic) bond motifs is 12. The Balaban J connectivity index is 1.03. The summed E-state index contributed by atoms with van der Waals surface area (Å²) in [5.74, 6) is 0.277. The van der Waals surface area contributed by atoms with Gasteiger partial charge in [-0.05, 0) is 86.3 Å². The zero-order valence-corrected chi connectivity index (χ0v) is 27.4. The van der Waals surface area contributed by atoms with E-state index in [1.807, 2.05) is 12.1 Å². The second-order valence-electron chi connectivity index (χ2n) is 14.4. The lowest BCUT2D eigenvalue weighted by molar-refractivity contribution is 0.658. The van der Waals surface area contributed by atoms with Gasteiger partial charge in [-0.1, -0.05) is 129 Å². The van der Waals surface area contributed by atoms with Crippen LogP contribution in [-0.4, -0.2) is 0 Å². The van der Waals surface area contributed by atoms with Gasteiger partial charge in [-0.3, -0.25) is 0 Å². The maximum Gasteiger partial charge on any atom is 0.143 e. The van der Waals surface area contributed by atoms with Crippen LogP contribution in [0.2, 0.25) is 0 Å². The molecule has 2 aromatic heterocycles. The SMILES string of the molecule is CC1(C)c2ccccc2-c2cc3c(cc21)C(Cc1ccc2c(c1)oc1cccc(-c4cccc5c4oc4ccccc45)c12)c1ccccc1-3. The predicted molar refractivity (Wildman–Crippen MR) is 201 cm³/mol. The molecule has 0 saturated heterocycles. The van der Waals surface area contributed by atoms with Crippen LogP contribution in [0.4, 0.5) is 0 Å². The maximum absolute atomic E-state index is 6.62. The molecule has 7 aromatic carbocycles. The van der Waals surface area contributed by atoms with E-state index in [4.69, 9.17) is 8.83 Å². The third-order valence-electron chi connectivity index (χ3n) is 11.5. The maximum atomic E-state index is 6.62. The third-order valence-corrected chi connectivity index (χ3v) is 11.5. The molecule has 232 valence electrons. The first-order valence-electron chi connectivity index (χ1n) is 17.3. The monoisotopic (exact) mass is 628 g/mol. The summed E-state index contributed by atoms with van der Waals surface area (Å²) >= 11 is 0. The molecule has 0 aliphatic heterocycles. The summed E-state index contributed by atoms with van der Waals surface area (Å²) in [4.78, 5) is 0. The molecular formula is C47H32O2. The van der Waals surface area contributed by atoms with E-state index in [1.165, 1.54) is 50.1 Å². The molecule has 2 heteroatoms. The molecule has 2 nitrogen and oxygen atoms in total. The van der Waals surface area contributed by atoms with E-state index in [-0.39, 0.29) is 11.3 Å². The normalized spacial score (nSPS) is 15.6. The Kier molecular flexibility index (Phi) is 5.32. The smallest absolute Gasteiger partial charge is 0.143 e. The zero-order valence-electron chi connectivity index (χ0n) is 27.4. The van der Waals surface area contributed by atoms with Gasteiger partial charge in [0.15, 0.2) is 0 Å². The lowest BCUT2D eigenvalue weighted by atomic mass is 9.80. The quantitative estimate of drug-likeness (QED) is 0.195. The van der Waals surface area contributed by atoms with Crippen molar-refractivity contribution < 1.29 is 8.83 Å². The molecule has 11 rings (SSSR count). The van der Waals surface area contributed by atoms with Crippen molar-refractivity contribution in [1.82, 2.24) is 0 Å². The van der Waals surface area contributed by atoms with E-state index in [0.717, 1.165) is 61.4 Å². The van der Waals surface area contributed by atoms with Crippen molar-refractivity contribution in [2.45, 2.75) is 31.6 Å². The fourth-order valence-electron chi connectivity index (χ4n) is 9.14. The number of hydrogen-bond acceptors (Lipinski definition) is 2. The molecule has 0 spiro atoms. The molecule has 2 aliphatic rings. The van der Waals surface area contributed by atoms with Crippen LogP contribution in [0.3, 0.4) is 0 Å². The highest BCUT2D eigenvalue weighted by Gasteiger charge is 2.39. The molecule has 0 amide bonds. The van der Waals surface area contributed by atoms with Crippen LogP contribution in [0.1, 0.15) is 47.6 Å². The van der Waals surface area contributed by atoms with Crippen LogP contribution in [0.5, 0.6) is 0 Å². The fraction of sp³-hybridized carbons (Fsp3) is 0.106. The Hall–Kier alpha value is -5.86. The van der Waals surface area contributed by atoms with Crippen LogP contribution in [-0.2, 0) is 11.8 Å². The van der Waals surface area contributed by atoms with Crippen LogP contribution >= 0.6 is 0 Å². The van der Waals surface area contributed by atoms with Crippen LogP contribution in [0.15, 0.2) is 148 Å². The topological polar surface area (TPSA) is 26.3 Å². The van der Waals surface area contributed by atoms with Crippen molar-refractivity contribution >= 4 is 43.9 Å². The van der Waals surface area contributed by atoms with Crippen LogP contribution in [0, 0.1) is 0 Å². The van der Waals surface area contributed by atoms with Crippen LogP contribution < -0.4 is 0 Å². The molecule has 0 N–H and O–H groups in total. The molecule has 0 fully saturated rings. The standard InChI is InChI=1S/C47H32O2/c1-47(2)40-18-7-5-13-30(40)39-25-37-29-12-4-3-11-28(29)36(38(37)26-41(39)47)23-27-21-22-35-44(24-27)48-43-20-10-15-32(45(35)43)34-17-9-16-33-31-14-6-8-19-42(31)49-46(33)34/h3-22,24-26,36H,23H2,1-2H3. The fourth-order valence-corrected chi connectivity index (χ4v) is 9.14. The first-order valence-corrected chi connectivity index (χ1v) is 17.3. The average molecular weight is 629 g/mol. The van der Waals surface area contributed by atoms with E-state index < -0.39 is 0 Å². The largest absolute Gasteiger partial charge is 0.456 e. The van der Waals surface area contributed by atoms with Crippen molar-refractivity contribution in [2.75, 3.05) is 0 Å². The minimum Gasteiger partial charge on any atom is -0.456 e. The molecule has 0 bridgehead atoms. The first-order chi connectivity index (χ1) is 24.0. The van der Waals surface area contributed by atoms with E-state index in [0.29, 0.717) is 0 Å². The molecule has 0 radical (unpaired) electrons. The van der Waals surface area contributed by atoms with Gasteiger partial charge in [-0.2, -0.15) is 0 Å². The van der Waals surface area contributed by atoms with E-state index in [1.54, 1.807) is 0 Å². The Bertz CT molecular complexity index is 2840. The van der Waals surface area contributed by atoms with Gasteiger partial charge in [-0.15, -0.1) is 0 Å². The van der Waals surface area contributed by atoms with Gasteiger partial charge in [-0.25, -0.2) is 0 Å². The number of hydrogen-bond donors (Lipinski definition) is 0. The minimum absolute atomic E-state index is 0.0299. The highest BCUT2D eigenvalue weighted by molar-refractivity contribution is 6.17. The summed E-state index contributed by atoms with van der Waals surface area (Å²) in [6.07, 6.45) is 0.911. The van der Waals surface area contributed by atoms with Gasteiger partial charge in [0, 0.05) is 38.4 Å². The summed E-state index contributed by atoms with van der Waals surface area (Å²) < 4.78 is 13.1. The number of benzene rings is 7. The van der Waals surface area contributed by atoms with Crippen molar-refractivity contribution in [3.05, 3.63) is 167 Å². The van der Waals surface area contributed by atoms with Gasteiger partial charge in [0.05, 0.1) is 0 Å². The van der Waals surface area contributed by atoms with Gasteiger partial charge in [0.25, 0.3) is 0 Å². The molecule has 9 aromatic rings. The number of rotatable bonds is 3. The molecule has 1 atom stereocenters. The highest BCUT2D eigenvalue weighted by Crippen LogP contribution is 2.55. The lowest BCUT2D eigenvalue weighted by Crippen LogP contribution is -2.15. The summed E-state index contributed by atoms with van der Waals surface area (Å²) in [5, 5.41) is 4.54. The van der Waals surface area contributed by atoms with Crippen molar-refractivity contribution in [3.63, 3.8) is 0 Å². The molecule has 49 heavy (non-hydrogen) atoms.